The Morgan fingerprint density at radius 1 is 1.11 bits per heavy atom. The first kappa shape index (κ1) is 18.9. The van der Waals surface area contributed by atoms with Crippen molar-refractivity contribution >= 4 is 50.2 Å². The minimum atomic E-state index is -3.68. The molecule has 1 aromatic heterocycles. The largest absolute Gasteiger partial charge is 0.465 e. The van der Waals surface area contributed by atoms with E-state index in [1.165, 1.54) is 25.3 Å². The van der Waals surface area contributed by atoms with Gasteiger partial charge < -0.3 is 10.1 Å². The Hall–Kier alpha value is -2.85. The minimum absolute atomic E-state index is 0.0731. The maximum absolute atomic E-state index is 12.6. The van der Waals surface area contributed by atoms with E-state index in [2.05, 4.69) is 18.8 Å². The summed E-state index contributed by atoms with van der Waals surface area (Å²) in [5.74, 6) is -1.28. The Labute approximate surface area is 159 Å². The maximum Gasteiger partial charge on any atom is 0.337 e. The summed E-state index contributed by atoms with van der Waals surface area (Å²) in [5.41, 5.74) is 1.64. The highest BCUT2D eigenvalue weighted by Gasteiger charge is 2.21. The zero-order valence-corrected chi connectivity index (χ0v) is 15.8. The molecule has 10 heteroatoms. The molecule has 1 amide bonds. The van der Waals surface area contributed by atoms with Gasteiger partial charge >= 0.3 is 5.97 Å². The average Bonchev–Trinajstić information content (AvgIpc) is 3.15. The third-order valence-electron chi connectivity index (χ3n) is 3.77. The lowest BCUT2D eigenvalue weighted by atomic mass is 10.2. The minimum Gasteiger partial charge on any atom is -0.465 e. The van der Waals surface area contributed by atoms with Gasteiger partial charge in [-0.25, -0.2) is 13.2 Å². The molecule has 0 aliphatic rings. The second kappa shape index (κ2) is 7.80. The summed E-state index contributed by atoms with van der Waals surface area (Å²) in [5, 5.41) is 2.60. The molecule has 0 aliphatic carbocycles. The van der Waals surface area contributed by atoms with Crippen LogP contribution in [0, 0.1) is 0 Å². The normalized spacial score (nSPS) is 11.3. The Kier molecular flexibility index (Phi) is 5.47. The number of fused-ring (bicyclic) bond motifs is 1. The highest BCUT2D eigenvalue weighted by atomic mass is 32.2. The van der Waals surface area contributed by atoms with Crippen molar-refractivity contribution in [3.8, 4) is 0 Å². The molecule has 0 unspecified atom stereocenters. The van der Waals surface area contributed by atoms with Crippen LogP contribution in [-0.2, 0) is 19.4 Å². The molecule has 1 N–H and O–H groups in total. The molecule has 1 heterocycles. The lowest BCUT2D eigenvalue weighted by Gasteiger charge is -2.07. The zero-order valence-electron chi connectivity index (χ0n) is 14.2. The van der Waals surface area contributed by atoms with Gasteiger partial charge in [-0.2, -0.15) is 8.75 Å². The second-order valence-corrected chi connectivity index (χ2v) is 8.18. The van der Waals surface area contributed by atoms with Crippen LogP contribution in [0.4, 0.5) is 5.69 Å². The number of aromatic nitrogens is 2. The van der Waals surface area contributed by atoms with Gasteiger partial charge in [-0.3, -0.25) is 4.79 Å². The maximum atomic E-state index is 12.6. The molecule has 0 aliphatic heterocycles. The Bertz CT molecular complexity index is 1090. The monoisotopic (exact) mass is 405 g/mol. The van der Waals surface area contributed by atoms with E-state index in [9.17, 15) is 18.0 Å². The first-order valence-corrected chi connectivity index (χ1v) is 10.2. The fourth-order valence-corrected chi connectivity index (χ4v) is 4.41. The van der Waals surface area contributed by atoms with Gasteiger partial charge in [0.1, 0.15) is 11.0 Å². The number of carbonyl (C=O) groups excluding carboxylic acids is 2. The van der Waals surface area contributed by atoms with E-state index in [0.29, 0.717) is 22.3 Å². The molecule has 0 bridgehead atoms. The molecule has 140 valence electrons. The lowest BCUT2D eigenvalue weighted by Crippen LogP contribution is -2.17. The molecule has 2 aromatic carbocycles. The molecule has 3 aromatic rings. The lowest BCUT2D eigenvalue weighted by molar-refractivity contribution is -0.115. The molecular formula is C17H15N3O5S2. The highest BCUT2D eigenvalue weighted by Crippen LogP contribution is 2.22. The van der Waals surface area contributed by atoms with Crippen LogP contribution in [0.25, 0.3) is 11.0 Å². The summed E-state index contributed by atoms with van der Waals surface area (Å²) in [7, 11) is -2.40. The predicted octanol–water partition coefficient (Wildman–Crippen LogP) is 2.28. The predicted molar refractivity (Wildman–Crippen MR) is 100 cm³/mol. The number of sulfone groups is 1. The van der Waals surface area contributed by atoms with Crippen LogP contribution in [-0.4, -0.2) is 41.9 Å². The Morgan fingerprint density at radius 2 is 1.85 bits per heavy atom. The third-order valence-corrected chi connectivity index (χ3v) is 6.06. The van der Waals surface area contributed by atoms with E-state index in [1.54, 1.807) is 24.3 Å². The number of nitrogens with zero attached hydrogens (tertiary/aromatic N) is 2. The van der Waals surface area contributed by atoms with Gasteiger partial charge in [0.2, 0.25) is 5.91 Å². The number of hydrogen-bond donors (Lipinski definition) is 1. The smallest absolute Gasteiger partial charge is 0.337 e. The van der Waals surface area contributed by atoms with Crippen molar-refractivity contribution in [3.05, 3.63) is 48.0 Å². The fourth-order valence-electron chi connectivity index (χ4n) is 2.40. The molecule has 0 spiro atoms. The van der Waals surface area contributed by atoms with Gasteiger partial charge in [0.05, 0.1) is 35.0 Å². The van der Waals surface area contributed by atoms with E-state index < -0.39 is 21.7 Å². The first-order chi connectivity index (χ1) is 12.9. The molecule has 27 heavy (non-hydrogen) atoms. The number of benzene rings is 2. The summed E-state index contributed by atoms with van der Waals surface area (Å²) >= 11 is 0.937. The van der Waals surface area contributed by atoms with Crippen molar-refractivity contribution in [1.82, 2.24) is 8.75 Å². The Morgan fingerprint density at radius 3 is 2.56 bits per heavy atom. The number of esters is 1. The van der Waals surface area contributed by atoms with Gasteiger partial charge in [0, 0.05) is 12.1 Å². The summed E-state index contributed by atoms with van der Waals surface area (Å²) in [4.78, 5) is 23.5. The number of methoxy groups -OCH3 is 1. The highest BCUT2D eigenvalue weighted by molar-refractivity contribution is 7.91. The summed E-state index contributed by atoms with van der Waals surface area (Å²) in [6.45, 7) is 0. The van der Waals surface area contributed by atoms with Crippen molar-refractivity contribution in [3.63, 3.8) is 0 Å². The standard InChI is InChI=1S/C17H15N3O5S2/c1-25-17(22)11-5-7-12(8-6-11)18-15(21)9-10-27(23,24)14-4-2-3-13-16(14)20-26-19-13/h2-8H,9-10H2,1H3,(H,18,21). The van der Waals surface area contributed by atoms with Crippen LogP contribution in [0.1, 0.15) is 16.8 Å². The van der Waals surface area contributed by atoms with Crippen LogP contribution >= 0.6 is 11.7 Å². The number of anilines is 1. The zero-order chi connectivity index (χ0) is 19.4. The molecule has 0 fully saturated rings. The quantitative estimate of drug-likeness (QED) is 0.626. The molecule has 8 nitrogen and oxygen atoms in total. The number of carbonyl (C=O) groups is 2. The average molecular weight is 405 g/mol. The first-order valence-electron chi connectivity index (χ1n) is 7.83. The van der Waals surface area contributed by atoms with Crippen molar-refractivity contribution in [2.45, 2.75) is 11.3 Å². The van der Waals surface area contributed by atoms with E-state index in [1.807, 2.05) is 0 Å². The van der Waals surface area contributed by atoms with Crippen LogP contribution in [0.15, 0.2) is 47.4 Å². The molecule has 0 saturated heterocycles. The van der Waals surface area contributed by atoms with E-state index in [4.69, 9.17) is 0 Å². The molecular weight excluding hydrogens is 390 g/mol. The van der Waals surface area contributed by atoms with E-state index in [0.717, 1.165) is 11.7 Å². The fraction of sp³-hybridized carbons (Fsp3) is 0.176. The van der Waals surface area contributed by atoms with Crippen LogP contribution in [0.3, 0.4) is 0 Å². The van der Waals surface area contributed by atoms with Crippen molar-refractivity contribution in [1.29, 1.82) is 0 Å². The topological polar surface area (TPSA) is 115 Å². The van der Waals surface area contributed by atoms with E-state index in [-0.39, 0.29) is 17.1 Å². The van der Waals surface area contributed by atoms with Crippen molar-refractivity contribution in [2.75, 3.05) is 18.2 Å². The van der Waals surface area contributed by atoms with Crippen LogP contribution < -0.4 is 5.32 Å². The van der Waals surface area contributed by atoms with Gasteiger partial charge in [0.25, 0.3) is 0 Å². The van der Waals surface area contributed by atoms with E-state index >= 15 is 0 Å². The van der Waals surface area contributed by atoms with Gasteiger partial charge in [0.15, 0.2) is 9.84 Å². The molecule has 0 atom stereocenters. The summed E-state index contributed by atoms with van der Waals surface area (Å²) in [6.07, 6.45) is -0.213. The van der Waals surface area contributed by atoms with Crippen molar-refractivity contribution in [2.24, 2.45) is 0 Å². The Balaban J connectivity index is 1.65. The number of hydrogen-bond acceptors (Lipinski definition) is 8. The number of amides is 1. The van der Waals surface area contributed by atoms with Gasteiger partial charge in [-0.15, -0.1) is 0 Å². The van der Waals surface area contributed by atoms with Gasteiger partial charge in [-0.05, 0) is 36.4 Å². The number of nitrogens with one attached hydrogen (secondary N) is 1. The molecule has 3 rings (SSSR count). The molecule has 0 saturated carbocycles. The third kappa shape index (κ3) is 4.29. The van der Waals surface area contributed by atoms with Gasteiger partial charge in [-0.1, -0.05) is 6.07 Å². The second-order valence-electron chi connectivity index (χ2n) is 5.57. The number of ether oxygens (including phenoxy) is 1. The summed E-state index contributed by atoms with van der Waals surface area (Å²) < 4.78 is 37.8. The molecule has 0 radical (unpaired) electrons. The van der Waals surface area contributed by atoms with Crippen molar-refractivity contribution < 1.29 is 22.7 Å². The van der Waals surface area contributed by atoms with Crippen LogP contribution in [0.5, 0.6) is 0 Å². The summed E-state index contributed by atoms with van der Waals surface area (Å²) in [6, 6.07) is 10.8. The van der Waals surface area contributed by atoms with Crippen LogP contribution in [0.2, 0.25) is 0 Å². The number of rotatable bonds is 6. The SMILES string of the molecule is COC(=O)c1ccc(NC(=O)CCS(=O)(=O)c2cccc3nsnc23)cc1.